The smallest absolute Gasteiger partial charge is 0.306 e. The quantitative estimate of drug-likeness (QED) is 0.0338. The van der Waals surface area contributed by atoms with Gasteiger partial charge in [0, 0.05) is 25.7 Å². The number of carbonyl (C=O) groups excluding carboxylic acids is 4. The van der Waals surface area contributed by atoms with Crippen molar-refractivity contribution in [1.29, 1.82) is 0 Å². The third kappa shape index (κ3) is 21.5. The highest BCUT2D eigenvalue weighted by molar-refractivity contribution is 5.70. The van der Waals surface area contributed by atoms with Crippen LogP contribution < -0.4 is 0 Å². The highest BCUT2D eigenvalue weighted by Crippen LogP contribution is 2.68. The van der Waals surface area contributed by atoms with Gasteiger partial charge in [0.25, 0.3) is 0 Å². The molecule has 0 aliphatic heterocycles. The van der Waals surface area contributed by atoms with Crippen molar-refractivity contribution < 1.29 is 38.1 Å². The van der Waals surface area contributed by atoms with Crippen molar-refractivity contribution in [3.05, 3.63) is 0 Å². The third-order valence-corrected chi connectivity index (χ3v) is 19.5. The number of hydrogen-bond donors (Lipinski definition) is 0. The SMILES string of the molecule is CCCCCCC(CCCCCC)CCOC(=O)CCCCCCCC(CCCCCCCC(=O)O[C@@H]1CC[C@@]2(C)C(CCC3C2CC[C@@]2(C)C3CC[C@@H]2[C@H](C)CCC(=O)OC)C1)OC(=O)CCCN(C)C. The molecule has 0 aromatic carbocycles. The molecule has 0 bridgehead atoms. The van der Waals surface area contributed by atoms with Gasteiger partial charge in [0.2, 0.25) is 0 Å². The van der Waals surface area contributed by atoms with Crippen LogP contribution in [0, 0.1) is 52.3 Å². The number of methoxy groups -OCH3 is 1. The van der Waals surface area contributed by atoms with E-state index in [1.807, 2.05) is 14.1 Å². The molecule has 0 N–H and O–H groups in total. The first kappa shape index (κ1) is 62.4. The van der Waals surface area contributed by atoms with Crippen molar-refractivity contribution in [3.8, 4) is 0 Å². The van der Waals surface area contributed by atoms with E-state index in [0.717, 1.165) is 133 Å². The van der Waals surface area contributed by atoms with E-state index in [0.29, 0.717) is 66.8 Å². The Morgan fingerprint density at radius 1 is 0.556 bits per heavy atom. The van der Waals surface area contributed by atoms with Crippen LogP contribution in [0.4, 0.5) is 0 Å². The molecule has 10 atom stereocenters. The Morgan fingerprint density at radius 2 is 1.12 bits per heavy atom. The number of unbranched alkanes of at least 4 members (excludes halogenated alkanes) is 14. The maximum absolute atomic E-state index is 13.2. The predicted molar refractivity (Wildman–Crippen MR) is 294 cm³/mol. The van der Waals surface area contributed by atoms with Crippen LogP contribution >= 0.6 is 0 Å². The van der Waals surface area contributed by atoms with Crippen molar-refractivity contribution in [2.75, 3.05) is 34.4 Å². The molecule has 0 saturated heterocycles. The molecule has 9 heteroatoms. The van der Waals surface area contributed by atoms with Gasteiger partial charge in [-0.3, -0.25) is 19.2 Å². The standard InChI is InChI=1S/C63H113NO8/c1-9-11-13-21-28-50(29-22-14-12-10-2)43-47-70-59(66)32-25-19-15-17-23-30-52(71-61(68)34-27-46-64(6)7)31-24-18-16-20-26-33-60(67)72-53-41-44-62(4)51(48-53)36-37-54-56-39-38-55(49(3)35-40-58(65)69-8)63(56,5)45-42-57(54)62/h49-57H,9-48H2,1-8H3/t49-,51?,52?,53-,54?,55-,56?,57?,62+,63-/m1/s1. The van der Waals surface area contributed by atoms with Crippen LogP contribution in [0.2, 0.25) is 0 Å². The number of carbonyl (C=O) groups is 4. The minimum absolute atomic E-state index is 0.00879. The molecule has 418 valence electrons. The zero-order chi connectivity index (χ0) is 52.2. The summed E-state index contributed by atoms with van der Waals surface area (Å²) >= 11 is 0. The lowest BCUT2D eigenvalue weighted by Gasteiger charge is -2.61. The maximum atomic E-state index is 13.2. The second-order valence-electron chi connectivity index (χ2n) is 25.1. The summed E-state index contributed by atoms with van der Waals surface area (Å²) in [6.45, 7) is 13.6. The largest absolute Gasteiger partial charge is 0.469 e. The van der Waals surface area contributed by atoms with E-state index in [4.69, 9.17) is 18.9 Å². The van der Waals surface area contributed by atoms with E-state index in [1.165, 1.54) is 116 Å². The van der Waals surface area contributed by atoms with Gasteiger partial charge in [0.05, 0.1) is 13.7 Å². The summed E-state index contributed by atoms with van der Waals surface area (Å²) in [5, 5.41) is 0. The van der Waals surface area contributed by atoms with Crippen molar-refractivity contribution >= 4 is 23.9 Å². The van der Waals surface area contributed by atoms with Gasteiger partial charge in [0.1, 0.15) is 12.2 Å². The van der Waals surface area contributed by atoms with Crippen LogP contribution in [0.3, 0.4) is 0 Å². The van der Waals surface area contributed by atoms with Crippen LogP contribution in [0.25, 0.3) is 0 Å². The summed E-state index contributed by atoms with van der Waals surface area (Å²) in [5.74, 6) is 4.80. The van der Waals surface area contributed by atoms with E-state index in [-0.39, 0.29) is 36.1 Å². The summed E-state index contributed by atoms with van der Waals surface area (Å²) in [4.78, 5) is 52.6. The average molecular weight is 1010 g/mol. The van der Waals surface area contributed by atoms with Crippen molar-refractivity contribution in [2.45, 2.75) is 291 Å². The van der Waals surface area contributed by atoms with Gasteiger partial charge in [-0.2, -0.15) is 0 Å². The molecule has 4 saturated carbocycles. The summed E-state index contributed by atoms with van der Waals surface area (Å²) in [6, 6.07) is 0. The molecule has 9 nitrogen and oxygen atoms in total. The Balaban J connectivity index is 1.08. The highest BCUT2D eigenvalue weighted by Gasteiger charge is 2.60. The van der Waals surface area contributed by atoms with Crippen LogP contribution in [0.5, 0.6) is 0 Å². The second kappa shape index (κ2) is 34.5. The molecular weight excluding hydrogens is 899 g/mol. The molecule has 0 aromatic rings. The van der Waals surface area contributed by atoms with E-state index in [2.05, 4.69) is 39.5 Å². The van der Waals surface area contributed by atoms with Crippen LogP contribution in [-0.2, 0) is 38.1 Å². The van der Waals surface area contributed by atoms with Crippen LogP contribution in [0.1, 0.15) is 279 Å². The Hall–Kier alpha value is -2.16. The van der Waals surface area contributed by atoms with E-state index in [1.54, 1.807) is 0 Å². The lowest BCUT2D eigenvalue weighted by atomic mass is 9.44. The van der Waals surface area contributed by atoms with Gasteiger partial charge in [0.15, 0.2) is 0 Å². The number of hydrogen-bond acceptors (Lipinski definition) is 9. The molecule has 4 rings (SSSR count). The minimum Gasteiger partial charge on any atom is -0.469 e. The lowest BCUT2D eigenvalue weighted by Crippen LogP contribution is -2.54. The molecule has 0 aromatic heterocycles. The fourth-order valence-electron chi connectivity index (χ4n) is 15.1. The molecular formula is C63H113NO8. The zero-order valence-corrected chi connectivity index (χ0v) is 48.2. The van der Waals surface area contributed by atoms with Gasteiger partial charge in [-0.1, -0.05) is 137 Å². The van der Waals surface area contributed by atoms with Crippen LogP contribution in [0.15, 0.2) is 0 Å². The van der Waals surface area contributed by atoms with Gasteiger partial charge < -0.3 is 23.8 Å². The maximum Gasteiger partial charge on any atom is 0.306 e. The van der Waals surface area contributed by atoms with Gasteiger partial charge in [-0.25, -0.2) is 0 Å². The lowest BCUT2D eigenvalue weighted by molar-refractivity contribution is -0.163. The second-order valence-corrected chi connectivity index (χ2v) is 25.1. The molecule has 4 aliphatic rings. The average Bonchev–Trinajstić information content (AvgIpc) is 3.72. The zero-order valence-electron chi connectivity index (χ0n) is 48.2. The number of esters is 4. The summed E-state index contributed by atoms with van der Waals surface area (Å²) in [7, 11) is 5.57. The summed E-state index contributed by atoms with van der Waals surface area (Å²) in [5.41, 5.74) is 0.746. The first-order valence-electron chi connectivity index (χ1n) is 31.0. The summed E-state index contributed by atoms with van der Waals surface area (Å²) < 4.78 is 23.0. The Kier molecular flexibility index (Phi) is 29.9. The van der Waals surface area contributed by atoms with E-state index in [9.17, 15) is 19.2 Å². The Labute approximate surface area is 442 Å². The first-order chi connectivity index (χ1) is 34.7. The molecule has 0 spiro atoms. The fourth-order valence-corrected chi connectivity index (χ4v) is 15.1. The van der Waals surface area contributed by atoms with E-state index >= 15 is 0 Å². The van der Waals surface area contributed by atoms with Crippen LogP contribution in [-0.4, -0.2) is 75.3 Å². The van der Waals surface area contributed by atoms with Crippen molar-refractivity contribution in [1.82, 2.24) is 4.90 Å². The number of nitrogens with zero attached hydrogens (tertiary/aromatic N) is 1. The van der Waals surface area contributed by atoms with Gasteiger partial charge >= 0.3 is 23.9 Å². The van der Waals surface area contributed by atoms with Gasteiger partial charge in [-0.05, 0) is 188 Å². The fraction of sp³-hybridized carbons (Fsp3) is 0.937. The third-order valence-electron chi connectivity index (χ3n) is 19.5. The molecule has 5 unspecified atom stereocenters. The minimum atomic E-state index is -0.0757. The Morgan fingerprint density at radius 3 is 1.76 bits per heavy atom. The normalized spacial score (nSPS) is 26.6. The van der Waals surface area contributed by atoms with E-state index < -0.39 is 0 Å². The van der Waals surface area contributed by atoms with Crippen molar-refractivity contribution in [3.63, 3.8) is 0 Å². The number of ether oxygens (including phenoxy) is 4. The first-order valence-corrected chi connectivity index (χ1v) is 31.0. The number of rotatable bonds is 39. The Bertz CT molecular complexity index is 1510. The summed E-state index contributed by atoms with van der Waals surface area (Å²) in [6.07, 6.45) is 40.9. The molecule has 4 fully saturated rings. The molecule has 72 heavy (non-hydrogen) atoms. The highest BCUT2D eigenvalue weighted by atomic mass is 16.5. The molecule has 0 heterocycles. The molecule has 0 amide bonds. The predicted octanol–water partition coefficient (Wildman–Crippen LogP) is 16.4. The molecule has 4 aliphatic carbocycles. The monoisotopic (exact) mass is 1010 g/mol. The topological polar surface area (TPSA) is 108 Å². The van der Waals surface area contributed by atoms with Gasteiger partial charge in [-0.15, -0.1) is 0 Å². The molecule has 0 radical (unpaired) electrons. The van der Waals surface area contributed by atoms with Crippen molar-refractivity contribution in [2.24, 2.45) is 52.3 Å². The number of fused-ring (bicyclic) bond motifs is 5.